The lowest BCUT2D eigenvalue weighted by atomic mass is 9.45. The third kappa shape index (κ3) is 4.41. The molecular weight excluding hydrogens is 490 g/mol. The van der Waals surface area contributed by atoms with Crippen LogP contribution in [-0.2, 0) is 9.59 Å². The van der Waals surface area contributed by atoms with Gasteiger partial charge in [0, 0.05) is 17.7 Å². The Kier molecular flexibility index (Phi) is 7.24. The van der Waals surface area contributed by atoms with Crippen LogP contribution in [0.25, 0.3) is 0 Å². The maximum Gasteiger partial charge on any atom is 0.220 e. The van der Waals surface area contributed by atoms with Crippen LogP contribution in [0.3, 0.4) is 0 Å². The molecule has 198 valence electrons. The van der Waals surface area contributed by atoms with Crippen LogP contribution in [0, 0.1) is 40.4 Å². The molecular formula is C30H42ClNO3S. The SMILES string of the molecule is CC[C@@H](NC(=O)C[C@@H](C)C1CC[C@H]2[C@@H]3[C@H](O)CC4=CC(=O)CC[C@]4(C)[C@H]3CC[C@]12C)c1ccc(Cl)s1. The van der Waals surface area contributed by atoms with Crippen LogP contribution in [-0.4, -0.2) is 22.9 Å². The van der Waals surface area contributed by atoms with Crippen LogP contribution in [0.4, 0.5) is 0 Å². The van der Waals surface area contributed by atoms with Gasteiger partial charge in [-0.05, 0) is 104 Å². The maximum atomic E-state index is 13.1. The van der Waals surface area contributed by atoms with E-state index < -0.39 is 0 Å². The predicted molar refractivity (Wildman–Crippen MR) is 146 cm³/mol. The van der Waals surface area contributed by atoms with Crippen molar-refractivity contribution in [3.8, 4) is 0 Å². The van der Waals surface area contributed by atoms with Crippen molar-refractivity contribution in [2.24, 2.45) is 40.4 Å². The third-order valence-electron chi connectivity index (χ3n) is 10.9. The van der Waals surface area contributed by atoms with Crippen LogP contribution in [0.1, 0.15) is 96.4 Å². The number of halogens is 1. The van der Waals surface area contributed by atoms with Gasteiger partial charge in [0.25, 0.3) is 0 Å². The molecule has 0 aliphatic heterocycles. The summed E-state index contributed by atoms with van der Waals surface area (Å²) >= 11 is 7.67. The summed E-state index contributed by atoms with van der Waals surface area (Å²) in [5, 5.41) is 14.7. The Balaban J connectivity index is 1.29. The van der Waals surface area contributed by atoms with E-state index in [2.05, 4.69) is 33.0 Å². The average molecular weight is 532 g/mol. The van der Waals surface area contributed by atoms with E-state index in [1.165, 1.54) is 5.57 Å². The van der Waals surface area contributed by atoms with Gasteiger partial charge in [-0.2, -0.15) is 0 Å². The number of hydrogen-bond donors (Lipinski definition) is 2. The lowest BCUT2D eigenvalue weighted by Gasteiger charge is -2.59. The molecule has 36 heavy (non-hydrogen) atoms. The summed E-state index contributed by atoms with van der Waals surface area (Å²) in [5.41, 5.74) is 1.42. The molecule has 5 rings (SSSR count). The molecule has 9 atom stereocenters. The quantitative estimate of drug-likeness (QED) is 0.411. The highest BCUT2D eigenvalue weighted by Crippen LogP contribution is 2.67. The Morgan fingerprint density at radius 3 is 2.69 bits per heavy atom. The number of fused-ring (bicyclic) bond motifs is 5. The summed E-state index contributed by atoms with van der Waals surface area (Å²) < 4.78 is 0.757. The van der Waals surface area contributed by atoms with Gasteiger partial charge in [-0.3, -0.25) is 9.59 Å². The second-order valence-corrected chi connectivity index (χ2v) is 14.4. The fraction of sp³-hybridized carbons (Fsp3) is 0.733. The lowest BCUT2D eigenvalue weighted by molar-refractivity contribution is -0.128. The molecule has 2 N–H and O–H groups in total. The molecule has 1 unspecified atom stereocenters. The fourth-order valence-corrected chi connectivity index (χ4v) is 10.3. The number of ketones is 1. The van der Waals surface area contributed by atoms with Gasteiger partial charge in [0.2, 0.25) is 5.91 Å². The summed E-state index contributed by atoms with van der Waals surface area (Å²) in [6.07, 6.45) is 9.69. The number of amides is 1. The Hall–Kier alpha value is -1.17. The monoisotopic (exact) mass is 531 g/mol. The standard InChI is InChI=1S/C30H42ClNO3S/c1-5-23(25-8-9-26(31)36-25)32-27(35)14-17(2)20-6-7-21-28-22(11-13-30(20,21)4)29(3)12-10-19(33)15-18(29)16-24(28)34/h8-9,15,17,20-24,28,34H,5-7,10-14,16H2,1-4H3,(H,32,35)/t17-,20?,21+,22+,23-,24-,28+,29+,30-/m1/s1. The molecule has 0 spiro atoms. The Morgan fingerprint density at radius 1 is 1.22 bits per heavy atom. The first-order valence-corrected chi connectivity index (χ1v) is 15.2. The summed E-state index contributed by atoms with van der Waals surface area (Å²) in [4.78, 5) is 26.4. The molecule has 4 aliphatic rings. The van der Waals surface area contributed by atoms with Gasteiger partial charge in [-0.1, -0.05) is 44.9 Å². The number of aliphatic hydroxyl groups excluding tert-OH is 1. The number of hydrogen-bond acceptors (Lipinski definition) is 4. The van der Waals surface area contributed by atoms with Crippen molar-refractivity contribution >= 4 is 34.6 Å². The van der Waals surface area contributed by atoms with Crippen LogP contribution in [0.15, 0.2) is 23.8 Å². The van der Waals surface area contributed by atoms with Crippen LogP contribution < -0.4 is 5.32 Å². The molecule has 4 nitrogen and oxygen atoms in total. The van der Waals surface area contributed by atoms with Gasteiger partial charge in [-0.25, -0.2) is 0 Å². The Bertz CT molecular complexity index is 1050. The molecule has 1 aromatic heterocycles. The van der Waals surface area contributed by atoms with Crippen molar-refractivity contribution < 1.29 is 14.7 Å². The number of carbonyl (C=O) groups excluding carboxylic acids is 2. The van der Waals surface area contributed by atoms with Gasteiger partial charge >= 0.3 is 0 Å². The summed E-state index contributed by atoms with van der Waals surface area (Å²) in [5.74, 6) is 2.42. The number of aliphatic hydroxyl groups is 1. The van der Waals surface area contributed by atoms with E-state index in [9.17, 15) is 14.7 Å². The van der Waals surface area contributed by atoms with Gasteiger partial charge in [0.15, 0.2) is 5.78 Å². The van der Waals surface area contributed by atoms with E-state index in [0.717, 1.165) is 47.7 Å². The molecule has 0 bridgehead atoms. The van der Waals surface area contributed by atoms with Gasteiger partial charge in [-0.15, -0.1) is 11.3 Å². The minimum Gasteiger partial charge on any atom is -0.392 e. The van der Waals surface area contributed by atoms with Crippen molar-refractivity contribution in [2.45, 2.75) is 97.6 Å². The Morgan fingerprint density at radius 2 is 2.00 bits per heavy atom. The van der Waals surface area contributed by atoms with Crippen LogP contribution in [0.2, 0.25) is 4.34 Å². The molecule has 0 saturated heterocycles. The minimum atomic E-state index is -0.356. The van der Waals surface area contributed by atoms with Crippen molar-refractivity contribution in [3.63, 3.8) is 0 Å². The molecule has 6 heteroatoms. The second kappa shape index (κ2) is 9.85. The van der Waals surface area contributed by atoms with E-state index in [1.807, 2.05) is 18.2 Å². The van der Waals surface area contributed by atoms with Crippen molar-refractivity contribution in [1.29, 1.82) is 0 Å². The maximum absolute atomic E-state index is 13.1. The zero-order valence-electron chi connectivity index (χ0n) is 22.2. The highest BCUT2D eigenvalue weighted by molar-refractivity contribution is 7.16. The summed E-state index contributed by atoms with van der Waals surface area (Å²) in [6.45, 7) is 9.18. The highest BCUT2D eigenvalue weighted by Gasteiger charge is 2.61. The van der Waals surface area contributed by atoms with Crippen LogP contribution in [0.5, 0.6) is 0 Å². The molecule has 1 aromatic rings. The Labute approximate surface area is 225 Å². The van der Waals surface area contributed by atoms with Crippen molar-refractivity contribution in [3.05, 3.63) is 33.0 Å². The van der Waals surface area contributed by atoms with Gasteiger partial charge in [0.05, 0.1) is 16.5 Å². The number of nitrogens with one attached hydrogen (secondary N) is 1. The number of rotatable bonds is 6. The smallest absolute Gasteiger partial charge is 0.220 e. The minimum absolute atomic E-state index is 0.0207. The molecule has 1 amide bonds. The third-order valence-corrected chi connectivity index (χ3v) is 12.3. The van der Waals surface area contributed by atoms with E-state index in [0.29, 0.717) is 48.9 Å². The number of carbonyl (C=O) groups is 2. The van der Waals surface area contributed by atoms with E-state index in [-0.39, 0.29) is 34.7 Å². The molecule has 1 heterocycles. The zero-order valence-corrected chi connectivity index (χ0v) is 23.8. The van der Waals surface area contributed by atoms with Gasteiger partial charge < -0.3 is 10.4 Å². The normalized spacial score (nSPS) is 39.4. The van der Waals surface area contributed by atoms with E-state index in [4.69, 9.17) is 11.6 Å². The average Bonchev–Trinajstić information content (AvgIpc) is 3.41. The molecule has 4 aliphatic carbocycles. The molecule has 0 aromatic carbocycles. The zero-order chi connectivity index (χ0) is 25.8. The summed E-state index contributed by atoms with van der Waals surface area (Å²) in [6, 6.07) is 3.94. The molecule has 3 saturated carbocycles. The lowest BCUT2D eigenvalue weighted by Crippen LogP contribution is -2.55. The van der Waals surface area contributed by atoms with Crippen LogP contribution >= 0.6 is 22.9 Å². The fourth-order valence-electron chi connectivity index (χ4n) is 9.08. The van der Waals surface area contributed by atoms with E-state index >= 15 is 0 Å². The predicted octanol–water partition coefficient (Wildman–Crippen LogP) is 7.11. The highest BCUT2D eigenvalue weighted by atomic mass is 35.5. The largest absolute Gasteiger partial charge is 0.392 e. The van der Waals surface area contributed by atoms with E-state index in [1.54, 1.807) is 11.3 Å². The van der Waals surface area contributed by atoms with Gasteiger partial charge in [0.1, 0.15) is 0 Å². The topological polar surface area (TPSA) is 66.4 Å². The second-order valence-electron chi connectivity index (χ2n) is 12.7. The summed E-state index contributed by atoms with van der Waals surface area (Å²) in [7, 11) is 0. The molecule has 0 radical (unpaired) electrons. The first kappa shape index (κ1) is 26.4. The molecule has 3 fully saturated rings. The first-order valence-electron chi connectivity index (χ1n) is 14.0. The first-order chi connectivity index (χ1) is 17.1. The number of thiophene rings is 1. The van der Waals surface area contributed by atoms with Crippen molar-refractivity contribution in [2.75, 3.05) is 0 Å². The van der Waals surface area contributed by atoms with Crippen molar-refractivity contribution in [1.82, 2.24) is 5.32 Å².